The average Bonchev–Trinajstić information content (AvgIpc) is 2.91. The summed E-state index contributed by atoms with van der Waals surface area (Å²) in [7, 11) is 0. The number of amides is 1. The summed E-state index contributed by atoms with van der Waals surface area (Å²) in [5.41, 5.74) is -7.89. The number of benzene rings is 3. The summed E-state index contributed by atoms with van der Waals surface area (Å²) >= 11 is 0. The molecule has 0 heterocycles. The Hall–Kier alpha value is -4.97. The van der Waals surface area contributed by atoms with E-state index < -0.39 is 35.3 Å². The summed E-state index contributed by atoms with van der Waals surface area (Å²) in [5, 5.41) is 20.8. The van der Waals surface area contributed by atoms with E-state index in [2.05, 4.69) is 11.9 Å². The van der Waals surface area contributed by atoms with Crippen molar-refractivity contribution in [3.63, 3.8) is 0 Å². The number of nitriles is 2. The van der Waals surface area contributed by atoms with Crippen molar-refractivity contribution in [1.29, 1.82) is 10.5 Å². The maximum Gasteiger partial charge on any atom is 0.435 e. The van der Waals surface area contributed by atoms with Crippen LogP contribution in [0.25, 0.3) is 5.57 Å². The Morgan fingerprint density at radius 2 is 1.29 bits per heavy atom. The van der Waals surface area contributed by atoms with Gasteiger partial charge >= 0.3 is 18.0 Å². The lowest BCUT2D eigenvalue weighted by molar-refractivity contribution is -0.348. The number of carbonyl (C=O) groups excluding carboxylic acids is 2. The Balaban J connectivity index is 1.97. The highest BCUT2D eigenvalue weighted by Gasteiger charge is 2.73. The van der Waals surface area contributed by atoms with E-state index in [4.69, 9.17) is 5.26 Å². The van der Waals surface area contributed by atoms with Crippen molar-refractivity contribution in [3.05, 3.63) is 106 Å². The first-order valence-electron chi connectivity index (χ1n) is 11.5. The van der Waals surface area contributed by atoms with E-state index in [-0.39, 0.29) is 44.6 Å². The highest BCUT2D eigenvalue weighted by Crippen LogP contribution is 2.53. The van der Waals surface area contributed by atoms with Crippen LogP contribution in [0.4, 0.5) is 36.4 Å². The first-order valence-corrected chi connectivity index (χ1v) is 11.5. The number of alkyl halides is 7. The Bertz CT molecular complexity index is 1600. The second-order valence-corrected chi connectivity index (χ2v) is 8.96. The smallest absolute Gasteiger partial charge is 0.322 e. The molecule has 0 fully saturated rings. The van der Waals surface area contributed by atoms with Crippen LogP contribution in [0.3, 0.4) is 0 Å². The van der Waals surface area contributed by atoms with E-state index in [1.54, 1.807) is 0 Å². The van der Waals surface area contributed by atoms with E-state index >= 15 is 0 Å². The molecule has 0 bridgehead atoms. The number of hydrogen-bond donors (Lipinski definition) is 1. The molecule has 210 valence electrons. The number of aryl methyl sites for hydroxylation is 2. The van der Waals surface area contributed by atoms with Crippen LogP contribution in [0.1, 0.15) is 54.1 Å². The maximum atomic E-state index is 14.6. The van der Waals surface area contributed by atoms with Crippen molar-refractivity contribution in [3.8, 4) is 12.1 Å². The molecule has 0 radical (unpaired) electrons. The van der Waals surface area contributed by atoms with Gasteiger partial charge in [-0.15, -0.1) is 0 Å². The summed E-state index contributed by atoms with van der Waals surface area (Å²) in [6.07, 6.45) is -12.6. The lowest BCUT2D eigenvalue weighted by Gasteiger charge is -2.31. The van der Waals surface area contributed by atoms with Crippen molar-refractivity contribution >= 4 is 23.0 Å². The minimum Gasteiger partial charge on any atom is -0.322 e. The number of rotatable bonds is 6. The van der Waals surface area contributed by atoms with E-state index in [0.29, 0.717) is 17.7 Å². The zero-order valence-electron chi connectivity index (χ0n) is 21.3. The molecule has 41 heavy (non-hydrogen) atoms. The molecule has 0 aromatic heterocycles. The summed E-state index contributed by atoms with van der Waals surface area (Å²) in [5.74, 6) is -1.48. The van der Waals surface area contributed by atoms with Crippen LogP contribution >= 0.6 is 0 Å². The fourth-order valence-corrected chi connectivity index (χ4v) is 4.06. The molecule has 3 aromatic carbocycles. The summed E-state index contributed by atoms with van der Waals surface area (Å²) < 4.78 is 93.8. The molecule has 0 saturated heterocycles. The van der Waals surface area contributed by atoms with Crippen LogP contribution in [0.5, 0.6) is 0 Å². The van der Waals surface area contributed by atoms with Crippen molar-refractivity contribution in [2.75, 3.05) is 5.32 Å². The number of nitrogens with one attached hydrogen (secondary N) is 1. The second-order valence-electron chi connectivity index (χ2n) is 8.96. The number of carbonyl (C=O) groups is 2. The molecule has 5 nitrogen and oxygen atoms in total. The Labute approximate surface area is 229 Å². The molecule has 0 saturated carbocycles. The van der Waals surface area contributed by atoms with Gasteiger partial charge in [0.1, 0.15) is 0 Å². The van der Waals surface area contributed by atoms with Gasteiger partial charge < -0.3 is 5.32 Å². The van der Waals surface area contributed by atoms with Gasteiger partial charge in [0.05, 0.1) is 23.3 Å². The minimum absolute atomic E-state index is 0.00383. The van der Waals surface area contributed by atoms with Crippen LogP contribution in [-0.2, 0) is 5.67 Å². The summed E-state index contributed by atoms with van der Waals surface area (Å²) in [6.45, 7) is 5.92. The minimum atomic E-state index is -6.30. The molecular formula is C29H18F7N3O2. The third-order valence-electron chi connectivity index (χ3n) is 6.23. The van der Waals surface area contributed by atoms with Crippen molar-refractivity contribution in [2.45, 2.75) is 31.9 Å². The van der Waals surface area contributed by atoms with E-state index in [1.165, 1.54) is 42.5 Å². The van der Waals surface area contributed by atoms with Gasteiger partial charge in [-0.2, -0.15) is 36.9 Å². The van der Waals surface area contributed by atoms with Crippen LogP contribution in [-0.4, -0.2) is 24.0 Å². The highest BCUT2D eigenvalue weighted by atomic mass is 19.4. The van der Waals surface area contributed by atoms with Gasteiger partial charge in [-0.05, 0) is 67.4 Å². The van der Waals surface area contributed by atoms with Crippen molar-refractivity contribution in [2.24, 2.45) is 0 Å². The first kappa shape index (κ1) is 30.6. The third kappa shape index (κ3) is 5.68. The van der Waals surface area contributed by atoms with Gasteiger partial charge in [0, 0.05) is 33.5 Å². The highest BCUT2D eigenvalue weighted by molar-refractivity contribution is 6.29. The molecule has 0 atom stereocenters. The fraction of sp³-hybridized carbons (Fsp3) is 0.172. The molecule has 3 rings (SSSR count). The maximum absolute atomic E-state index is 14.6. The molecule has 0 aliphatic rings. The quantitative estimate of drug-likeness (QED) is 0.188. The SMILES string of the molecule is C=C(C(=O)c1ccc(C#N)cc1)c1cc(C(=O)Nc2c(C)cc(C(F)(C(F)(F)F)C(F)(F)F)cc2C)ccc1C#N. The van der Waals surface area contributed by atoms with Gasteiger partial charge in [-0.3, -0.25) is 9.59 Å². The Morgan fingerprint density at radius 3 is 1.76 bits per heavy atom. The second kappa shape index (κ2) is 10.9. The monoisotopic (exact) mass is 573 g/mol. The third-order valence-corrected chi connectivity index (χ3v) is 6.23. The number of ketones is 1. The standard InChI is InChI=1S/C29H18F7N3O2/c1-15-10-22(27(30,28(31,32)33)29(34,35)36)11-16(2)24(15)39-26(41)20-8-9-21(14-38)23(12-20)17(3)25(40)19-6-4-18(13-37)5-7-19/h4-12H,3H2,1-2H3,(H,39,41). The van der Waals surface area contributed by atoms with Crippen molar-refractivity contribution in [1.82, 2.24) is 0 Å². The number of nitrogens with zero attached hydrogens (tertiary/aromatic N) is 2. The predicted octanol–water partition coefficient (Wildman–Crippen LogP) is 7.48. The van der Waals surface area contributed by atoms with Crippen molar-refractivity contribution < 1.29 is 40.3 Å². The summed E-state index contributed by atoms with van der Waals surface area (Å²) in [6, 6.07) is 13.7. The molecule has 1 amide bonds. The zero-order valence-corrected chi connectivity index (χ0v) is 21.3. The lowest BCUT2D eigenvalue weighted by atomic mass is 9.90. The fourth-order valence-electron chi connectivity index (χ4n) is 4.06. The van der Waals surface area contributed by atoms with Crippen LogP contribution < -0.4 is 5.32 Å². The lowest BCUT2D eigenvalue weighted by Crippen LogP contribution is -2.50. The molecule has 1 N–H and O–H groups in total. The molecule has 0 aliphatic carbocycles. The van der Waals surface area contributed by atoms with Gasteiger partial charge in [0.15, 0.2) is 5.78 Å². The molecular weight excluding hydrogens is 555 g/mol. The Kier molecular flexibility index (Phi) is 8.12. The number of halogens is 7. The van der Waals surface area contributed by atoms with E-state index in [1.807, 2.05) is 12.1 Å². The number of anilines is 1. The normalized spacial score (nSPS) is 11.8. The molecule has 12 heteroatoms. The van der Waals surface area contributed by atoms with Gasteiger partial charge in [-0.25, -0.2) is 4.39 Å². The Morgan fingerprint density at radius 1 is 0.780 bits per heavy atom. The van der Waals surface area contributed by atoms with Gasteiger partial charge in [0.25, 0.3) is 5.91 Å². The van der Waals surface area contributed by atoms with E-state index in [9.17, 15) is 45.6 Å². The van der Waals surface area contributed by atoms with Crippen LogP contribution in [0, 0.1) is 36.5 Å². The first-order chi connectivity index (χ1) is 19.0. The largest absolute Gasteiger partial charge is 0.435 e. The average molecular weight is 573 g/mol. The predicted molar refractivity (Wildman–Crippen MR) is 134 cm³/mol. The number of hydrogen-bond acceptors (Lipinski definition) is 4. The zero-order chi connectivity index (χ0) is 30.9. The molecule has 0 unspecified atom stereocenters. The topological polar surface area (TPSA) is 93.8 Å². The van der Waals surface area contributed by atoms with Crippen LogP contribution in [0.2, 0.25) is 0 Å². The summed E-state index contributed by atoms with van der Waals surface area (Å²) in [4.78, 5) is 26.0. The van der Waals surface area contributed by atoms with Crippen LogP contribution in [0.15, 0.2) is 61.2 Å². The van der Waals surface area contributed by atoms with Gasteiger partial charge in [-0.1, -0.05) is 18.7 Å². The molecule has 3 aromatic rings. The van der Waals surface area contributed by atoms with E-state index in [0.717, 1.165) is 13.8 Å². The van der Waals surface area contributed by atoms with Gasteiger partial charge in [0.2, 0.25) is 0 Å². The molecule has 0 aliphatic heterocycles. The number of Topliss-reactive ketones (excluding diaryl/α,β-unsaturated/α-hetero) is 1. The molecule has 0 spiro atoms. The number of allylic oxidation sites excluding steroid dienone is 1.